The molecule has 18 heavy (non-hydrogen) atoms. The van der Waals surface area contributed by atoms with Crippen LogP contribution in [0.3, 0.4) is 0 Å². The minimum atomic E-state index is 0.192. The highest BCUT2D eigenvalue weighted by Gasteiger charge is 2.09. The molecule has 3 N–H and O–H groups in total. The van der Waals surface area contributed by atoms with E-state index in [-0.39, 0.29) is 5.95 Å². The van der Waals surface area contributed by atoms with Gasteiger partial charge in [-0.25, -0.2) is 0 Å². The van der Waals surface area contributed by atoms with E-state index in [0.29, 0.717) is 18.0 Å². The van der Waals surface area contributed by atoms with Gasteiger partial charge in [0.15, 0.2) is 11.5 Å². The maximum atomic E-state index is 5.54. The molecule has 96 valence electrons. The van der Waals surface area contributed by atoms with E-state index in [4.69, 9.17) is 15.2 Å². The fraction of sp³-hybridized carbons (Fsp3) is 0.300. The highest BCUT2D eigenvalue weighted by molar-refractivity contribution is 5.46. The molecular formula is C10H14N6O2. The van der Waals surface area contributed by atoms with Crippen molar-refractivity contribution in [1.29, 1.82) is 0 Å². The zero-order valence-electron chi connectivity index (χ0n) is 10.1. The smallest absolute Gasteiger partial charge is 0.260 e. The summed E-state index contributed by atoms with van der Waals surface area (Å²) in [4.78, 5) is 1.29. The Labute approximate surface area is 104 Å². The van der Waals surface area contributed by atoms with E-state index in [0.717, 1.165) is 5.56 Å². The lowest BCUT2D eigenvalue weighted by Crippen LogP contribution is -2.18. The number of hydrogen-bond donors (Lipinski definition) is 2. The molecule has 8 heteroatoms. The predicted octanol–water partition coefficient (Wildman–Crippen LogP) is 0.0162. The summed E-state index contributed by atoms with van der Waals surface area (Å²) in [7, 11) is 3.18. The third kappa shape index (κ3) is 2.26. The van der Waals surface area contributed by atoms with Crippen LogP contribution in [0.15, 0.2) is 18.2 Å². The maximum absolute atomic E-state index is 5.54. The molecule has 0 aliphatic heterocycles. The lowest BCUT2D eigenvalue weighted by Gasteiger charge is -2.13. The van der Waals surface area contributed by atoms with Crippen LogP contribution in [0.1, 0.15) is 5.56 Å². The summed E-state index contributed by atoms with van der Waals surface area (Å²) in [5.74, 6) is 1.53. The number of rotatable bonds is 5. The number of nitrogen functional groups attached to an aromatic ring is 1. The van der Waals surface area contributed by atoms with Crippen molar-refractivity contribution in [2.24, 2.45) is 0 Å². The summed E-state index contributed by atoms with van der Waals surface area (Å²) >= 11 is 0. The SMILES string of the molecule is COc1cccc(CNn2nnnc2N)c1OC. The Hall–Kier alpha value is -2.51. The first kappa shape index (κ1) is 12.0. The van der Waals surface area contributed by atoms with Gasteiger partial charge in [-0.1, -0.05) is 17.2 Å². The Kier molecular flexibility index (Phi) is 3.46. The Morgan fingerprint density at radius 2 is 2.17 bits per heavy atom. The van der Waals surface area contributed by atoms with E-state index in [1.54, 1.807) is 14.2 Å². The van der Waals surface area contributed by atoms with E-state index < -0.39 is 0 Å². The fourth-order valence-electron chi connectivity index (χ4n) is 1.56. The van der Waals surface area contributed by atoms with Crippen molar-refractivity contribution in [2.75, 3.05) is 25.4 Å². The first-order valence-electron chi connectivity index (χ1n) is 5.24. The van der Waals surface area contributed by atoms with Crippen molar-refractivity contribution >= 4 is 5.95 Å². The standard InChI is InChI=1S/C10H14N6O2/c1-17-8-5-3-4-7(9(8)18-2)6-12-16-10(11)13-14-15-16/h3-5,12H,6H2,1-2H3,(H2,11,13,15). The van der Waals surface area contributed by atoms with Gasteiger partial charge in [0.25, 0.3) is 5.95 Å². The number of nitrogens with one attached hydrogen (secondary N) is 1. The summed E-state index contributed by atoms with van der Waals surface area (Å²) in [6, 6.07) is 5.62. The van der Waals surface area contributed by atoms with E-state index in [1.807, 2.05) is 18.2 Å². The van der Waals surface area contributed by atoms with Gasteiger partial charge in [0, 0.05) is 5.56 Å². The predicted molar refractivity (Wildman–Crippen MR) is 64.8 cm³/mol. The van der Waals surface area contributed by atoms with Gasteiger partial charge in [-0.15, -0.1) is 4.79 Å². The van der Waals surface area contributed by atoms with Crippen LogP contribution in [0, 0.1) is 0 Å². The summed E-state index contributed by atoms with van der Waals surface area (Å²) in [6.07, 6.45) is 0. The van der Waals surface area contributed by atoms with Gasteiger partial charge >= 0.3 is 0 Å². The third-order valence-corrected chi connectivity index (χ3v) is 2.40. The maximum Gasteiger partial charge on any atom is 0.260 e. The van der Waals surface area contributed by atoms with Crippen LogP contribution in [0.5, 0.6) is 11.5 Å². The summed E-state index contributed by atoms with van der Waals surface area (Å²) in [5, 5.41) is 10.7. The van der Waals surface area contributed by atoms with Crippen molar-refractivity contribution in [2.45, 2.75) is 6.54 Å². The van der Waals surface area contributed by atoms with Crippen LogP contribution in [-0.4, -0.2) is 34.5 Å². The average Bonchev–Trinajstić information content (AvgIpc) is 2.81. The van der Waals surface area contributed by atoms with Gasteiger partial charge in [-0.2, -0.15) is 0 Å². The summed E-state index contributed by atoms with van der Waals surface area (Å²) in [5.41, 5.74) is 9.40. The zero-order chi connectivity index (χ0) is 13.0. The number of anilines is 1. The molecule has 0 aliphatic rings. The molecule has 0 fully saturated rings. The molecule has 0 bridgehead atoms. The summed E-state index contributed by atoms with van der Waals surface area (Å²) in [6.45, 7) is 0.454. The first-order valence-corrected chi connectivity index (χ1v) is 5.24. The van der Waals surface area contributed by atoms with Gasteiger partial charge in [-0.3, -0.25) is 0 Å². The Bertz CT molecular complexity index is 527. The largest absolute Gasteiger partial charge is 0.493 e. The quantitative estimate of drug-likeness (QED) is 0.771. The molecule has 0 radical (unpaired) electrons. The number of tetrazole rings is 1. The van der Waals surface area contributed by atoms with Crippen molar-refractivity contribution in [3.8, 4) is 11.5 Å². The first-order chi connectivity index (χ1) is 8.76. The Morgan fingerprint density at radius 1 is 1.33 bits per heavy atom. The number of methoxy groups -OCH3 is 2. The lowest BCUT2D eigenvalue weighted by atomic mass is 10.2. The molecule has 0 atom stereocenters. The number of nitrogens with two attached hydrogens (primary N) is 1. The number of benzene rings is 1. The highest BCUT2D eigenvalue weighted by atomic mass is 16.5. The minimum absolute atomic E-state index is 0.192. The minimum Gasteiger partial charge on any atom is -0.493 e. The van der Waals surface area contributed by atoms with E-state index in [2.05, 4.69) is 21.0 Å². The molecule has 0 spiro atoms. The van der Waals surface area contributed by atoms with Crippen LogP contribution < -0.4 is 20.6 Å². The van der Waals surface area contributed by atoms with Gasteiger partial charge in [0.05, 0.1) is 20.8 Å². The molecule has 1 heterocycles. The van der Waals surface area contributed by atoms with Crippen molar-refractivity contribution in [1.82, 2.24) is 20.3 Å². The molecule has 0 saturated carbocycles. The molecule has 0 unspecified atom stereocenters. The number of nitrogens with zero attached hydrogens (tertiary/aromatic N) is 4. The normalized spacial score (nSPS) is 10.1. The second-order valence-corrected chi connectivity index (χ2v) is 3.44. The van der Waals surface area contributed by atoms with Crippen LogP contribution in [-0.2, 0) is 6.54 Å². The van der Waals surface area contributed by atoms with Crippen LogP contribution in [0.25, 0.3) is 0 Å². The number of ether oxygens (including phenoxy) is 2. The topological polar surface area (TPSA) is 100 Å². The van der Waals surface area contributed by atoms with Crippen LogP contribution >= 0.6 is 0 Å². The third-order valence-electron chi connectivity index (χ3n) is 2.40. The Morgan fingerprint density at radius 3 is 2.78 bits per heavy atom. The van der Waals surface area contributed by atoms with E-state index >= 15 is 0 Å². The molecule has 1 aromatic heterocycles. The van der Waals surface area contributed by atoms with Gasteiger partial charge in [-0.05, 0) is 16.5 Å². The highest BCUT2D eigenvalue weighted by Crippen LogP contribution is 2.30. The van der Waals surface area contributed by atoms with E-state index in [9.17, 15) is 0 Å². The summed E-state index contributed by atoms with van der Waals surface area (Å²) < 4.78 is 10.5. The Balaban J connectivity index is 2.16. The molecule has 0 saturated heterocycles. The monoisotopic (exact) mass is 250 g/mol. The number of para-hydroxylation sites is 1. The second-order valence-electron chi connectivity index (χ2n) is 3.44. The fourth-order valence-corrected chi connectivity index (χ4v) is 1.56. The molecule has 0 aliphatic carbocycles. The van der Waals surface area contributed by atoms with Crippen molar-refractivity contribution < 1.29 is 9.47 Å². The van der Waals surface area contributed by atoms with Gasteiger partial charge in [0.1, 0.15) is 0 Å². The number of hydrogen-bond acceptors (Lipinski definition) is 7. The molecular weight excluding hydrogens is 236 g/mol. The zero-order valence-corrected chi connectivity index (χ0v) is 10.1. The molecule has 2 rings (SSSR count). The van der Waals surface area contributed by atoms with Crippen LogP contribution in [0.2, 0.25) is 0 Å². The molecule has 2 aromatic rings. The molecule has 8 nitrogen and oxygen atoms in total. The molecule has 0 amide bonds. The van der Waals surface area contributed by atoms with Crippen molar-refractivity contribution in [3.63, 3.8) is 0 Å². The second kappa shape index (κ2) is 5.21. The average molecular weight is 250 g/mol. The number of aromatic nitrogens is 4. The lowest BCUT2D eigenvalue weighted by molar-refractivity contribution is 0.351. The van der Waals surface area contributed by atoms with Crippen LogP contribution in [0.4, 0.5) is 5.95 Å². The van der Waals surface area contributed by atoms with Gasteiger partial charge in [0.2, 0.25) is 0 Å². The molecule has 1 aromatic carbocycles. The van der Waals surface area contributed by atoms with Gasteiger partial charge < -0.3 is 20.6 Å². The van der Waals surface area contributed by atoms with E-state index in [1.165, 1.54) is 4.79 Å². The van der Waals surface area contributed by atoms with Crippen molar-refractivity contribution in [3.05, 3.63) is 23.8 Å².